The highest BCUT2D eigenvalue weighted by atomic mass is 19.4. The summed E-state index contributed by atoms with van der Waals surface area (Å²) in [6.45, 7) is 6.85. The van der Waals surface area contributed by atoms with Gasteiger partial charge in [-0.05, 0) is 55.9 Å². The molecule has 4 rings (SSSR count). The molecule has 0 unspecified atom stereocenters. The van der Waals surface area contributed by atoms with Crippen molar-refractivity contribution in [3.8, 4) is 5.69 Å². The quantitative estimate of drug-likeness (QED) is 0.469. The molecular formula is C25H26F4N4O. The Morgan fingerprint density at radius 1 is 1.12 bits per heavy atom. The molecular weight excluding hydrogens is 448 g/mol. The van der Waals surface area contributed by atoms with Crippen molar-refractivity contribution in [1.82, 2.24) is 19.6 Å². The largest absolute Gasteiger partial charge is 0.416 e. The Morgan fingerprint density at radius 2 is 1.85 bits per heavy atom. The standard InChI is InChI=1S/C25H26F4N4O/c1-3-31-13-12-23-21(15-31)22(30-33(23)20-7-5-6-19(26)14-20)16-32(4-2)24(34)17-8-10-18(11-9-17)25(27,28)29/h5-11,14H,3-4,12-13,15-16H2,1-2H3. The number of hydrogen-bond acceptors (Lipinski definition) is 3. The molecule has 0 aliphatic carbocycles. The number of carbonyl (C=O) groups is 1. The first-order valence-corrected chi connectivity index (χ1v) is 11.3. The molecule has 0 bridgehead atoms. The summed E-state index contributed by atoms with van der Waals surface area (Å²) in [6, 6.07) is 10.5. The van der Waals surface area contributed by atoms with Gasteiger partial charge in [-0.3, -0.25) is 9.69 Å². The molecule has 5 nitrogen and oxygen atoms in total. The van der Waals surface area contributed by atoms with Gasteiger partial charge in [0, 0.05) is 37.2 Å². The number of alkyl halides is 3. The number of halogens is 4. The van der Waals surface area contributed by atoms with Crippen molar-refractivity contribution >= 4 is 5.91 Å². The van der Waals surface area contributed by atoms with E-state index in [0.29, 0.717) is 24.5 Å². The lowest BCUT2D eigenvalue weighted by molar-refractivity contribution is -0.137. The van der Waals surface area contributed by atoms with Gasteiger partial charge in [0.25, 0.3) is 5.91 Å². The summed E-state index contributed by atoms with van der Waals surface area (Å²) < 4.78 is 54.3. The van der Waals surface area contributed by atoms with Crippen LogP contribution in [0.3, 0.4) is 0 Å². The first kappa shape index (κ1) is 23.9. The third-order valence-corrected chi connectivity index (χ3v) is 6.19. The summed E-state index contributed by atoms with van der Waals surface area (Å²) in [5.74, 6) is -0.726. The zero-order valence-electron chi connectivity index (χ0n) is 19.1. The minimum Gasteiger partial charge on any atom is -0.333 e. The lowest BCUT2D eigenvalue weighted by Gasteiger charge is -2.27. The molecule has 34 heavy (non-hydrogen) atoms. The van der Waals surface area contributed by atoms with Crippen LogP contribution in [0.4, 0.5) is 17.6 Å². The highest BCUT2D eigenvalue weighted by molar-refractivity contribution is 5.94. The maximum atomic E-state index is 13.9. The highest BCUT2D eigenvalue weighted by Gasteiger charge is 2.31. The maximum absolute atomic E-state index is 13.9. The molecule has 2 heterocycles. The van der Waals surface area contributed by atoms with E-state index in [4.69, 9.17) is 5.10 Å². The van der Waals surface area contributed by atoms with Gasteiger partial charge in [0.05, 0.1) is 29.2 Å². The first-order chi connectivity index (χ1) is 16.2. The minimum atomic E-state index is -4.46. The number of carbonyl (C=O) groups excluding carboxylic acids is 1. The van der Waals surface area contributed by atoms with Gasteiger partial charge in [0.15, 0.2) is 0 Å². The highest BCUT2D eigenvalue weighted by Crippen LogP contribution is 2.30. The number of nitrogens with zero attached hydrogens (tertiary/aromatic N) is 4. The van der Waals surface area contributed by atoms with E-state index in [2.05, 4.69) is 11.8 Å². The molecule has 1 aliphatic heterocycles. The summed E-state index contributed by atoms with van der Waals surface area (Å²) in [7, 11) is 0. The van der Waals surface area contributed by atoms with E-state index < -0.39 is 11.7 Å². The Morgan fingerprint density at radius 3 is 2.47 bits per heavy atom. The van der Waals surface area contributed by atoms with Crippen molar-refractivity contribution in [3.05, 3.63) is 82.4 Å². The van der Waals surface area contributed by atoms with Crippen LogP contribution in [0, 0.1) is 5.82 Å². The van der Waals surface area contributed by atoms with Crippen LogP contribution in [0.25, 0.3) is 5.69 Å². The van der Waals surface area contributed by atoms with E-state index in [-0.39, 0.29) is 23.8 Å². The summed E-state index contributed by atoms with van der Waals surface area (Å²) in [6.07, 6.45) is -3.72. The average Bonchev–Trinajstić information content (AvgIpc) is 3.19. The molecule has 2 aromatic carbocycles. The van der Waals surface area contributed by atoms with Crippen molar-refractivity contribution < 1.29 is 22.4 Å². The first-order valence-electron chi connectivity index (χ1n) is 11.3. The van der Waals surface area contributed by atoms with Crippen molar-refractivity contribution in [2.24, 2.45) is 0 Å². The molecule has 0 saturated carbocycles. The van der Waals surface area contributed by atoms with Gasteiger partial charge < -0.3 is 4.90 Å². The predicted molar refractivity (Wildman–Crippen MR) is 120 cm³/mol. The lowest BCUT2D eigenvalue weighted by atomic mass is 10.0. The van der Waals surface area contributed by atoms with Gasteiger partial charge in [0.1, 0.15) is 5.82 Å². The molecule has 9 heteroatoms. The van der Waals surface area contributed by atoms with E-state index in [0.717, 1.165) is 42.9 Å². The number of rotatable bonds is 6. The Labute approximate surface area is 195 Å². The Hall–Kier alpha value is -3.20. The van der Waals surface area contributed by atoms with E-state index >= 15 is 0 Å². The Balaban J connectivity index is 1.66. The van der Waals surface area contributed by atoms with Crippen LogP contribution < -0.4 is 0 Å². The molecule has 0 saturated heterocycles. The molecule has 0 N–H and O–H groups in total. The zero-order chi connectivity index (χ0) is 24.5. The number of benzene rings is 2. The SMILES string of the molecule is CCN1CCc2c(c(CN(CC)C(=O)c3ccc(C(F)(F)F)cc3)nn2-c2cccc(F)c2)C1. The molecule has 0 radical (unpaired) electrons. The van der Waals surface area contributed by atoms with E-state index in [1.54, 1.807) is 21.7 Å². The number of hydrogen-bond donors (Lipinski definition) is 0. The zero-order valence-corrected chi connectivity index (χ0v) is 19.1. The summed E-state index contributed by atoms with van der Waals surface area (Å²) in [5, 5.41) is 4.76. The van der Waals surface area contributed by atoms with Crippen LogP contribution >= 0.6 is 0 Å². The van der Waals surface area contributed by atoms with E-state index in [9.17, 15) is 22.4 Å². The van der Waals surface area contributed by atoms with Gasteiger partial charge in [-0.25, -0.2) is 9.07 Å². The third kappa shape index (κ3) is 4.84. The van der Waals surface area contributed by atoms with E-state index in [1.165, 1.54) is 24.3 Å². The topological polar surface area (TPSA) is 41.4 Å². The lowest BCUT2D eigenvalue weighted by Crippen LogP contribution is -2.33. The van der Waals surface area contributed by atoms with Gasteiger partial charge in [-0.15, -0.1) is 0 Å². The fraction of sp³-hybridized carbons (Fsp3) is 0.360. The molecule has 0 spiro atoms. The van der Waals surface area contributed by atoms with Crippen LogP contribution in [0.5, 0.6) is 0 Å². The molecule has 1 amide bonds. The maximum Gasteiger partial charge on any atom is 0.416 e. The molecule has 1 aromatic heterocycles. The van der Waals surface area contributed by atoms with Gasteiger partial charge >= 0.3 is 6.18 Å². The second kappa shape index (κ2) is 9.58. The molecule has 3 aromatic rings. The Kier molecular flexibility index (Phi) is 6.74. The van der Waals surface area contributed by atoms with Crippen molar-refractivity contribution in [3.63, 3.8) is 0 Å². The van der Waals surface area contributed by atoms with Gasteiger partial charge in [-0.2, -0.15) is 18.3 Å². The fourth-order valence-corrected chi connectivity index (χ4v) is 4.25. The van der Waals surface area contributed by atoms with Gasteiger partial charge in [-0.1, -0.05) is 13.0 Å². The van der Waals surface area contributed by atoms with Crippen molar-refractivity contribution in [2.75, 3.05) is 19.6 Å². The van der Waals surface area contributed by atoms with Crippen molar-refractivity contribution in [2.45, 2.75) is 39.5 Å². The molecule has 1 aliphatic rings. The van der Waals surface area contributed by atoms with Crippen molar-refractivity contribution in [1.29, 1.82) is 0 Å². The summed E-state index contributed by atoms with van der Waals surface area (Å²) >= 11 is 0. The monoisotopic (exact) mass is 474 g/mol. The second-order valence-electron chi connectivity index (χ2n) is 8.28. The van der Waals surface area contributed by atoms with Gasteiger partial charge in [0.2, 0.25) is 0 Å². The predicted octanol–water partition coefficient (Wildman–Crippen LogP) is 5.07. The van der Waals surface area contributed by atoms with Crippen LogP contribution in [-0.2, 0) is 25.7 Å². The Bertz CT molecular complexity index is 1170. The average molecular weight is 475 g/mol. The molecule has 180 valence electrons. The number of fused-ring (bicyclic) bond motifs is 1. The summed E-state index contributed by atoms with van der Waals surface area (Å²) in [5.41, 5.74) is 2.71. The number of aromatic nitrogens is 2. The third-order valence-electron chi connectivity index (χ3n) is 6.19. The van der Waals surface area contributed by atoms with Crippen LogP contribution in [0.2, 0.25) is 0 Å². The summed E-state index contributed by atoms with van der Waals surface area (Å²) in [4.78, 5) is 16.9. The second-order valence-corrected chi connectivity index (χ2v) is 8.28. The molecule has 0 atom stereocenters. The number of likely N-dealkylation sites (N-methyl/N-ethyl adjacent to an activating group) is 1. The number of amides is 1. The normalized spacial score (nSPS) is 14.2. The van der Waals surface area contributed by atoms with Crippen LogP contribution in [0.1, 0.15) is 46.7 Å². The molecule has 0 fully saturated rings. The minimum absolute atomic E-state index is 0.184. The van der Waals surface area contributed by atoms with Crippen LogP contribution in [-0.4, -0.2) is 45.1 Å². The van der Waals surface area contributed by atoms with E-state index in [1.807, 2.05) is 6.92 Å². The van der Waals surface area contributed by atoms with Crippen LogP contribution in [0.15, 0.2) is 48.5 Å². The fourth-order valence-electron chi connectivity index (χ4n) is 4.25. The smallest absolute Gasteiger partial charge is 0.333 e.